The van der Waals surface area contributed by atoms with Crippen molar-refractivity contribution in [3.63, 3.8) is 0 Å². The Morgan fingerprint density at radius 3 is 2.59 bits per heavy atom. The SMILES string of the molecule is CN1CCCN1CCNC1C(F)CC2C(=O)C(C(=O)N3CC[C@H](NC(=O)OC(C)(C)C)C3)=CN3C4CC5OC6CC([N+](=O)[O-])CCC6NC5CC4OC1C23. The molecule has 0 bridgehead atoms. The van der Waals surface area contributed by atoms with Gasteiger partial charge >= 0.3 is 6.09 Å². The summed E-state index contributed by atoms with van der Waals surface area (Å²) in [4.78, 5) is 56.2. The fourth-order valence-electron chi connectivity index (χ4n) is 10.6. The molecule has 16 nitrogen and oxygen atoms in total. The van der Waals surface area contributed by atoms with E-state index in [-0.39, 0.29) is 71.7 Å². The number of nitrogens with zero attached hydrogens (tertiary/aromatic N) is 5. The summed E-state index contributed by atoms with van der Waals surface area (Å²) in [5.41, 5.74) is -0.627. The number of hydrazine groups is 1. The van der Waals surface area contributed by atoms with Crippen molar-refractivity contribution in [2.45, 2.75) is 151 Å². The number of morpholine rings is 2. The monoisotopic (exact) mass is 760 g/mol. The van der Waals surface area contributed by atoms with Crippen LogP contribution in [0.25, 0.3) is 0 Å². The first-order valence-corrected chi connectivity index (χ1v) is 20.1. The van der Waals surface area contributed by atoms with Crippen LogP contribution in [0.4, 0.5) is 9.18 Å². The van der Waals surface area contributed by atoms with Crippen LogP contribution < -0.4 is 16.0 Å². The van der Waals surface area contributed by atoms with Crippen LogP contribution in [0, 0.1) is 16.0 Å². The zero-order valence-electron chi connectivity index (χ0n) is 31.9. The summed E-state index contributed by atoms with van der Waals surface area (Å²) in [6.45, 7) is 9.20. The first kappa shape index (κ1) is 37.9. The Kier molecular flexibility index (Phi) is 10.4. The largest absolute Gasteiger partial charge is 0.444 e. The summed E-state index contributed by atoms with van der Waals surface area (Å²) in [7, 11) is 2.06. The number of nitro groups is 1. The first-order chi connectivity index (χ1) is 25.7. The number of fused-ring (bicyclic) bond motifs is 4. The van der Waals surface area contributed by atoms with Crippen molar-refractivity contribution in [2.24, 2.45) is 5.92 Å². The van der Waals surface area contributed by atoms with Crippen molar-refractivity contribution in [2.75, 3.05) is 46.3 Å². The zero-order chi connectivity index (χ0) is 38.1. The van der Waals surface area contributed by atoms with E-state index in [1.165, 1.54) is 0 Å². The molecule has 7 fully saturated rings. The maximum absolute atomic E-state index is 16.5. The predicted molar refractivity (Wildman–Crippen MR) is 192 cm³/mol. The van der Waals surface area contributed by atoms with Crippen LogP contribution in [-0.4, -0.2) is 167 Å². The Bertz CT molecular complexity index is 1510. The molecule has 8 aliphatic rings. The number of Topliss-reactive ketones (excluding diaryl/α,β-unsaturated/α-hetero) is 1. The van der Waals surface area contributed by atoms with Crippen LogP contribution >= 0.6 is 0 Å². The number of likely N-dealkylation sites (tertiary alicyclic amines) is 1. The summed E-state index contributed by atoms with van der Waals surface area (Å²) in [6.07, 6.45) is 2.61. The molecule has 3 saturated carbocycles. The molecule has 0 spiro atoms. The van der Waals surface area contributed by atoms with Gasteiger partial charge in [0.15, 0.2) is 5.78 Å². The number of ether oxygens (including phenoxy) is 3. The first-order valence-electron chi connectivity index (χ1n) is 20.1. The third-order valence-electron chi connectivity index (χ3n) is 13.1. The molecule has 54 heavy (non-hydrogen) atoms. The Hall–Kier alpha value is -2.96. The molecular formula is C37H57FN8O8. The van der Waals surface area contributed by atoms with Crippen molar-refractivity contribution in [3.8, 4) is 0 Å². The van der Waals surface area contributed by atoms with E-state index in [0.29, 0.717) is 51.6 Å². The molecule has 3 aliphatic carbocycles. The summed E-state index contributed by atoms with van der Waals surface area (Å²) in [5.74, 6) is -1.56. The van der Waals surface area contributed by atoms with Gasteiger partial charge in [0.2, 0.25) is 6.04 Å². The van der Waals surface area contributed by atoms with Gasteiger partial charge in [-0.2, -0.15) is 0 Å². The van der Waals surface area contributed by atoms with Crippen LogP contribution in [0.5, 0.6) is 0 Å². The Balaban J connectivity index is 1.04. The average molecular weight is 761 g/mol. The molecule has 0 aromatic rings. The second-order valence-corrected chi connectivity index (χ2v) is 17.8. The van der Waals surface area contributed by atoms with Gasteiger partial charge in [0.1, 0.15) is 11.8 Å². The number of alkyl carbamates (subject to hydrolysis) is 1. The molecule has 2 amide bonds. The summed E-state index contributed by atoms with van der Waals surface area (Å²) >= 11 is 0. The Labute approximate surface area is 315 Å². The van der Waals surface area contributed by atoms with Gasteiger partial charge < -0.3 is 40.0 Å². The molecule has 13 atom stereocenters. The number of halogens is 1. The smallest absolute Gasteiger partial charge is 0.407 e. The van der Waals surface area contributed by atoms with Gasteiger partial charge in [-0.25, -0.2) is 19.2 Å². The van der Waals surface area contributed by atoms with Crippen molar-refractivity contribution in [1.29, 1.82) is 0 Å². The maximum atomic E-state index is 16.5. The van der Waals surface area contributed by atoms with E-state index in [2.05, 4.69) is 37.9 Å². The van der Waals surface area contributed by atoms with E-state index in [9.17, 15) is 24.5 Å². The van der Waals surface area contributed by atoms with Gasteiger partial charge in [0.25, 0.3) is 5.91 Å². The molecule has 5 heterocycles. The second-order valence-electron chi connectivity index (χ2n) is 17.8. The Morgan fingerprint density at radius 1 is 1.06 bits per heavy atom. The minimum atomic E-state index is -1.36. The van der Waals surface area contributed by atoms with E-state index in [1.807, 2.05) is 0 Å². The van der Waals surface area contributed by atoms with Crippen LogP contribution in [0.2, 0.25) is 0 Å². The normalized spacial score (nSPS) is 40.9. The number of carbonyl (C=O) groups is 3. The highest BCUT2D eigenvalue weighted by Crippen LogP contribution is 2.47. The molecule has 5 aliphatic heterocycles. The van der Waals surface area contributed by atoms with Gasteiger partial charge in [-0.1, -0.05) is 0 Å². The highest BCUT2D eigenvalue weighted by atomic mass is 19.1. The molecule has 0 aromatic heterocycles. The molecule has 300 valence electrons. The van der Waals surface area contributed by atoms with Crippen molar-refractivity contribution in [1.82, 2.24) is 35.8 Å². The summed E-state index contributed by atoms with van der Waals surface area (Å²) in [6, 6.07) is -2.30. The second kappa shape index (κ2) is 14.8. The fourth-order valence-corrected chi connectivity index (χ4v) is 10.6. The lowest BCUT2D eigenvalue weighted by Crippen LogP contribution is -2.75. The number of nitrogens with one attached hydrogen (secondary N) is 3. The van der Waals surface area contributed by atoms with E-state index in [4.69, 9.17) is 14.2 Å². The van der Waals surface area contributed by atoms with Crippen molar-refractivity contribution in [3.05, 3.63) is 21.9 Å². The minimum absolute atomic E-state index is 0.0218. The lowest BCUT2D eigenvalue weighted by molar-refractivity contribution is -0.529. The number of hydrogen-bond donors (Lipinski definition) is 3. The third kappa shape index (κ3) is 7.36. The fraction of sp³-hybridized carbons (Fsp3) is 0.865. The standard InChI is InChI=1S/C37H57FN8O8/c1-37(2,3)54-36(49)40-20-8-12-43(18-20)35(48)23-19-45-27-17-29-26(41-25-7-6-21(46(50)51)14-28(25)52-29)16-30(27)53-34-31(24(38)15-22(32(34)45)33(23)47)39-9-13-44-11-5-10-42(44)4/h19-22,24-32,34,39,41H,5-18H2,1-4H3,(H,40,49)/t20-,21?,22?,24?,25?,26?,27?,28?,29?,30?,31?,32?,34?/m0/s1. The van der Waals surface area contributed by atoms with Crippen molar-refractivity contribution >= 4 is 17.8 Å². The van der Waals surface area contributed by atoms with Crippen LogP contribution in [0.3, 0.4) is 0 Å². The summed E-state index contributed by atoms with van der Waals surface area (Å²) in [5, 5.41) is 26.2. The van der Waals surface area contributed by atoms with E-state index in [1.54, 1.807) is 31.9 Å². The topological polar surface area (TPSA) is 171 Å². The number of ketones is 1. The van der Waals surface area contributed by atoms with Crippen LogP contribution in [-0.2, 0) is 23.8 Å². The van der Waals surface area contributed by atoms with E-state index < -0.39 is 53.9 Å². The molecule has 3 N–H and O–H groups in total. The van der Waals surface area contributed by atoms with Crippen molar-refractivity contribution < 1.29 is 37.9 Å². The van der Waals surface area contributed by atoms with Gasteiger partial charge in [0.05, 0.1) is 54.2 Å². The summed E-state index contributed by atoms with van der Waals surface area (Å²) < 4.78 is 35.5. The molecule has 4 saturated heterocycles. The number of carbonyl (C=O) groups excluding carboxylic acids is 3. The zero-order valence-corrected chi connectivity index (χ0v) is 31.9. The number of amides is 2. The molecule has 8 rings (SSSR count). The molecule has 0 radical (unpaired) electrons. The van der Waals surface area contributed by atoms with Crippen LogP contribution in [0.15, 0.2) is 11.8 Å². The van der Waals surface area contributed by atoms with Gasteiger partial charge in [-0.15, -0.1) is 0 Å². The maximum Gasteiger partial charge on any atom is 0.407 e. The molecule has 17 heteroatoms. The number of hydrogen-bond acceptors (Lipinski definition) is 13. The molecular weight excluding hydrogens is 703 g/mol. The van der Waals surface area contributed by atoms with Gasteiger partial charge in [-0.05, 0) is 59.3 Å². The third-order valence-corrected chi connectivity index (χ3v) is 13.1. The lowest BCUT2D eigenvalue weighted by Gasteiger charge is -2.61. The van der Waals surface area contributed by atoms with Gasteiger partial charge in [-0.3, -0.25) is 19.7 Å². The highest BCUT2D eigenvalue weighted by Gasteiger charge is 2.61. The van der Waals surface area contributed by atoms with E-state index in [0.717, 1.165) is 26.1 Å². The predicted octanol–water partition coefficient (Wildman–Crippen LogP) is 0.971. The Morgan fingerprint density at radius 2 is 1.85 bits per heavy atom. The van der Waals surface area contributed by atoms with E-state index >= 15 is 4.39 Å². The number of rotatable bonds is 7. The molecule has 0 aromatic carbocycles. The highest BCUT2D eigenvalue weighted by molar-refractivity contribution is 6.20. The average Bonchev–Trinajstić information content (AvgIpc) is 3.75. The minimum Gasteiger partial charge on any atom is -0.444 e. The van der Waals surface area contributed by atoms with Gasteiger partial charge in [0, 0.05) is 88.3 Å². The number of alkyl halides is 1. The quantitative estimate of drug-likeness (QED) is 0.191. The van der Waals surface area contributed by atoms with Crippen LogP contribution in [0.1, 0.15) is 72.1 Å². The lowest BCUT2D eigenvalue weighted by atomic mass is 9.69. The molecule has 12 unspecified atom stereocenters.